The largest absolute Gasteiger partial charge is 0.496 e. The summed E-state index contributed by atoms with van der Waals surface area (Å²) in [6.07, 6.45) is -0.974. The molecule has 0 aliphatic carbocycles. The molecule has 0 spiro atoms. The first-order valence-corrected chi connectivity index (χ1v) is 4.98. The third-order valence-corrected chi connectivity index (χ3v) is 2.39. The van der Waals surface area contributed by atoms with Crippen molar-refractivity contribution in [1.82, 2.24) is 0 Å². The van der Waals surface area contributed by atoms with Crippen LogP contribution in [-0.2, 0) is 9.53 Å². The van der Waals surface area contributed by atoms with E-state index in [1.54, 1.807) is 6.07 Å². The van der Waals surface area contributed by atoms with Crippen molar-refractivity contribution in [3.05, 3.63) is 29.3 Å². The van der Waals surface area contributed by atoms with E-state index in [1.165, 1.54) is 14.2 Å². The predicted octanol–water partition coefficient (Wildman–Crippen LogP) is 1.60. The minimum Gasteiger partial charge on any atom is -0.496 e. The number of rotatable bonds is 4. The molecule has 1 aromatic carbocycles. The number of ether oxygens (including phenoxy) is 2. The van der Waals surface area contributed by atoms with Crippen LogP contribution in [0.3, 0.4) is 0 Å². The van der Waals surface area contributed by atoms with Gasteiger partial charge in [-0.25, -0.2) is 0 Å². The molecule has 0 fully saturated rings. The van der Waals surface area contributed by atoms with Crippen molar-refractivity contribution in [2.45, 2.75) is 19.4 Å². The van der Waals surface area contributed by atoms with E-state index >= 15 is 0 Å². The molecule has 0 radical (unpaired) electrons. The molecule has 1 aromatic rings. The van der Waals surface area contributed by atoms with Gasteiger partial charge in [-0.3, -0.25) is 4.79 Å². The lowest BCUT2D eigenvalue weighted by molar-refractivity contribution is -0.142. The van der Waals surface area contributed by atoms with Crippen molar-refractivity contribution >= 4 is 5.97 Å². The molecular formula is C12H16O4. The van der Waals surface area contributed by atoms with E-state index in [2.05, 4.69) is 4.74 Å². The second-order valence-corrected chi connectivity index (χ2v) is 3.49. The van der Waals surface area contributed by atoms with Crippen LogP contribution in [0.25, 0.3) is 0 Å². The Balaban J connectivity index is 2.94. The highest BCUT2D eigenvalue weighted by Gasteiger charge is 2.18. The van der Waals surface area contributed by atoms with E-state index in [0.717, 1.165) is 5.56 Å². The number of aliphatic hydroxyl groups is 1. The van der Waals surface area contributed by atoms with E-state index in [4.69, 9.17) is 4.74 Å². The highest BCUT2D eigenvalue weighted by molar-refractivity contribution is 5.70. The van der Waals surface area contributed by atoms with Gasteiger partial charge in [-0.15, -0.1) is 0 Å². The number of aliphatic hydroxyl groups excluding tert-OH is 1. The van der Waals surface area contributed by atoms with Crippen molar-refractivity contribution in [3.8, 4) is 5.75 Å². The Bertz CT molecular complexity index is 373. The summed E-state index contributed by atoms with van der Waals surface area (Å²) in [6.45, 7) is 1.88. The van der Waals surface area contributed by atoms with Crippen molar-refractivity contribution in [1.29, 1.82) is 0 Å². The Labute approximate surface area is 94.8 Å². The third-order valence-electron chi connectivity index (χ3n) is 2.39. The van der Waals surface area contributed by atoms with Gasteiger partial charge in [0, 0.05) is 5.56 Å². The fourth-order valence-corrected chi connectivity index (χ4v) is 1.57. The monoisotopic (exact) mass is 224 g/mol. The molecule has 0 heterocycles. The summed E-state index contributed by atoms with van der Waals surface area (Å²) in [4.78, 5) is 11.1. The molecule has 4 nitrogen and oxygen atoms in total. The van der Waals surface area contributed by atoms with E-state index in [9.17, 15) is 9.90 Å². The van der Waals surface area contributed by atoms with Gasteiger partial charge in [0.05, 0.1) is 26.7 Å². The number of aryl methyl sites for hydroxylation is 1. The molecule has 0 saturated heterocycles. The lowest BCUT2D eigenvalue weighted by Gasteiger charge is -2.15. The molecule has 1 atom stereocenters. The van der Waals surface area contributed by atoms with E-state index < -0.39 is 12.1 Å². The summed E-state index contributed by atoms with van der Waals surface area (Å²) in [5.41, 5.74) is 1.52. The Hall–Kier alpha value is -1.55. The van der Waals surface area contributed by atoms with E-state index in [0.29, 0.717) is 11.3 Å². The number of hydrogen-bond acceptors (Lipinski definition) is 4. The van der Waals surface area contributed by atoms with E-state index in [-0.39, 0.29) is 6.42 Å². The highest BCUT2D eigenvalue weighted by Crippen LogP contribution is 2.30. The van der Waals surface area contributed by atoms with E-state index in [1.807, 2.05) is 19.1 Å². The number of esters is 1. The van der Waals surface area contributed by atoms with Crippen molar-refractivity contribution in [2.75, 3.05) is 14.2 Å². The van der Waals surface area contributed by atoms with Crippen molar-refractivity contribution in [2.24, 2.45) is 0 Å². The second-order valence-electron chi connectivity index (χ2n) is 3.49. The smallest absolute Gasteiger partial charge is 0.308 e. The molecule has 1 N–H and O–H groups in total. The first kappa shape index (κ1) is 12.5. The van der Waals surface area contributed by atoms with Crippen LogP contribution < -0.4 is 4.74 Å². The molecule has 0 unspecified atom stereocenters. The Morgan fingerprint density at radius 2 is 2.12 bits per heavy atom. The summed E-state index contributed by atoms with van der Waals surface area (Å²) in [7, 11) is 2.83. The molecule has 16 heavy (non-hydrogen) atoms. The normalized spacial score (nSPS) is 12.0. The van der Waals surface area contributed by atoms with Crippen LogP contribution in [0.1, 0.15) is 23.7 Å². The van der Waals surface area contributed by atoms with Crippen LogP contribution in [0.5, 0.6) is 5.75 Å². The van der Waals surface area contributed by atoms with Gasteiger partial charge in [-0.05, 0) is 12.5 Å². The molecule has 1 rings (SSSR count). The third kappa shape index (κ3) is 2.73. The highest BCUT2D eigenvalue weighted by atomic mass is 16.5. The van der Waals surface area contributed by atoms with Gasteiger partial charge in [0.15, 0.2) is 0 Å². The SMILES string of the molecule is COC(=O)C[C@H](O)c1cccc(C)c1OC. The summed E-state index contributed by atoms with van der Waals surface area (Å²) >= 11 is 0. The lowest BCUT2D eigenvalue weighted by Crippen LogP contribution is -2.09. The Morgan fingerprint density at radius 1 is 1.44 bits per heavy atom. The fraction of sp³-hybridized carbons (Fsp3) is 0.417. The number of benzene rings is 1. The number of carbonyl (C=O) groups is 1. The standard InChI is InChI=1S/C12H16O4/c1-8-5-4-6-9(12(8)16-3)10(13)7-11(14)15-2/h4-6,10,13H,7H2,1-3H3/t10-/m0/s1. The average molecular weight is 224 g/mol. The van der Waals surface area contributed by atoms with Crippen molar-refractivity contribution in [3.63, 3.8) is 0 Å². The van der Waals surface area contributed by atoms with Crippen LogP contribution in [0.15, 0.2) is 18.2 Å². The summed E-state index contributed by atoms with van der Waals surface area (Å²) < 4.78 is 9.71. The molecule has 0 bridgehead atoms. The van der Waals surface area contributed by atoms with Crippen LogP contribution in [-0.4, -0.2) is 25.3 Å². The molecule has 0 saturated carbocycles. The Morgan fingerprint density at radius 3 is 2.69 bits per heavy atom. The molecule has 0 aromatic heterocycles. The summed E-state index contributed by atoms with van der Waals surface area (Å²) in [5.74, 6) is 0.162. The number of para-hydroxylation sites is 1. The maximum absolute atomic E-state index is 11.1. The van der Waals surface area contributed by atoms with Gasteiger partial charge < -0.3 is 14.6 Å². The second kappa shape index (κ2) is 5.51. The van der Waals surface area contributed by atoms with Crippen LogP contribution in [0.4, 0.5) is 0 Å². The summed E-state index contributed by atoms with van der Waals surface area (Å²) in [5, 5.41) is 9.88. The zero-order chi connectivity index (χ0) is 12.1. The maximum atomic E-state index is 11.1. The molecule has 88 valence electrons. The first-order valence-electron chi connectivity index (χ1n) is 4.98. The van der Waals surface area contributed by atoms with Gasteiger partial charge in [0.1, 0.15) is 5.75 Å². The van der Waals surface area contributed by atoms with Gasteiger partial charge in [0.2, 0.25) is 0 Å². The average Bonchev–Trinajstić information content (AvgIpc) is 2.28. The number of methoxy groups -OCH3 is 2. The fourth-order valence-electron chi connectivity index (χ4n) is 1.57. The van der Waals surface area contributed by atoms with Gasteiger partial charge in [0.25, 0.3) is 0 Å². The van der Waals surface area contributed by atoms with Crippen LogP contribution >= 0.6 is 0 Å². The van der Waals surface area contributed by atoms with Gasteiger partial charge in [-0.1, -0.05) is 18.2 Å². The number of carbonyl (C=O) groups excluding carboxylic acids is 1. The first-order chi connectivity index (χ1) is 7.60. The minimum absolute atomic E-state index is 0.0731. The molecule has 0 amide bonds. The zero-order valence-corrected chi connectivity index (χ0v) is 9.69. The minimum atomic E-state index is -0.901. The van der Waals surface area contributed by atoms with Crippen LogP contribution in [0, 0.1) is 6.92 Å². The zero-order valence-electron chi connectivity index (χ0n) is 9.69. The maximum Gasteiger partial charge on any atom is 0.308 e. The molecule has 4 heteroatoms. The number of hydrogen-bond donors (Lipinski definition) is 1. The quantitative estimate of drug-likeness (QED) is 0.789. The molecule has 0 aliphatic rings. The Kier molecular flexibility index (Phi) is 4.31. The lowest BCUT2D eigenvalue weighted by atomic mass is 10.0. The molecular weight excluding hydrogens is 208 g/mol. The molecule has 0 aliphatic heterocycles. The van der Waals surface area contributed by atoms with Gasteiger partial charge in [-0.2, -0.15) is 0 Å². The topological polar surface area (TPSA) is 55.8 Å². The van der Waals surface area contributed by atoms with Crippen molar-refractivity contribution < 1.29 is 19.4 Å². The van der Waals surface area contributed by atoms with Crippen LogP contribution in [0.2, 0.25) is 0 Å². The summed E-state index contributed by atoms with van der Waals surface area (Å²) in [6, 6.07) is 5.43. The van der Waals surface area contributed by atoms with Gasteiger partial charge >= 0.3 is 5.97 Å². The predicted molar refractivity (Wildman–Crippen MR) is 59.3 cm³/mol.